The Labute approximate surface area is 194 Å². The highest BCUT2D eigenvalue weighted by molar-refractivity contribution is 6.34. The molecule has 0 atom stereocenters. The predicted molar refractivity (Wildman–Crippen MR) is 119 cm³/mol. The normalized spacial score (nSPS) is 14.2. The molecule has 2 amide bonds. The van der Waals surface area contributed by atoms with E-state index < -0.39 is 17.5 Å². The van der Waals surface area contributed by atoms with Crippen LogP contribution in [-0.2, 0) is 6.54 Å². The standard InChI is InChI=1S/C23H22ClF2N5O2/c24-17-11-19(26)18(25)10-16(17)22(32)28-21-12-20(29-30-21)23(33)31(15-7-2-1-3-8-15)13-14-6-4-5-9-27-14/h4-6,9-12,15H,1-3,7-8,13H2,(H2,28,29,30,32). The molecule has 10 heteroatoms. The van der Waals surface area contributed by atoms with Crippen LogP contribution in [0.5, 0.6) is 0 Å². The van der Waals surface area contributed by atoms with E-state index in [9.17, 15) is 18.4 Å². The van der Waals surface area contributed by atoms with Crippen LogP contribution in [-0.4, -0.2) is 37.9 Å². The first-order chi connectivity index (χ1) is 15.9. The third-order valence-electron chi connectivity index (χ3n) is 5.63. The molecule has 0 saturated heterocycles. The minimum Gasteiger partial charge on any atom is -0.328 e. The van der Waals surface area contributed by atoms with Gasteiger partial charge in [0.25, 0.3) is 11.8 Å². The number of carbonyl (C=O) groups excluding carboxylic acids is 2. The number of aromatic nitrogens is 3. The van der Waals surface area contributed by atoms with Crippen LogP contribution in [0.15, 0.2) is 42.6 Å². The summed E-state index contributed by atoms with van der Waals surface area (Å²) in [5.74, 6) is -3.26. The quantitative estimate of drug-likeness (QED) is 0.495. The fraction of sp³-hybridized carbons (Fsp3) is 0.304. The molecule has 0 unspecified atom stereocenters. The Morgan fingerprint density at radius 1 is 1.12 bits per heavy atom. The summed E-state index contributed by atoms with van der Waals surface area (Å²) in [6.07, 6.45) is 6.74. The number of nitrogens with zero attached hydrogens (tertiary/aromatic N) is 3. The van der Waals surface area contributed by atoms with Gasteiger partial charge in [0.15, 0.2) is 17.3 Å². The first-order valence-corrected chi connectivity index (χ1v) is 11.0. The Bertz CT molecular complexity index is 1150. The molecule has 2 aromatic heterocycles. The van der Waals surface area contributed by atoms with E-state index in [1.807, 2.05) is 18.2 Å². The molecular weight excluding hydrogens is 452 g/mol. The molecule has 1 fully saturated rings. The zero-order valence-electron chi connectivity index (χ0n) is 17.7. The van der Waals surface area contributed by atoms with Crippen LogP contribution in [0, 0.1) is 11.6 Å². The number of aromatic amines is 1. The van der Waals surface area contributed by atoms with Crippen molar-refractivity contribution < 1.29 is 18.4 Å². The summed E-state index contributed by atoms with van der Waals surface area (Å²) in [6, 6.07) is 8.48. The van der Waals surface area contributed by atoms with Crippen LogP contribution in [0.25, 0.3) is 0 Å². The molecule has 1 saturated carbocycles. The second-order valence-electron chi connectivity index (χ2n) is 7.91. The predicted octanol–water partition coefficient (Wildman–Crippen LogP) is 4.96. The van der Waals surface area contributed by atoms with Gasteiger partial charge < -0.3 is 10.2 Å². The van der Waals surface area contributed by atoms with Gasteiger partial charge >= 0.3 is 0 Å². The monoisotopic (exact) mass is 473 g/mol. The lowest BCUT2D eigenvalue weighted by Gasteiger charge is -2.33. The van der Waals surface area contributed by atoms with Crippen LogP contribution in [0.2, 0.25) is 5.02 Å². The Kier molecular flexibility index (Phi) is 6.98. The fourth-order valence-corrected chi connectivity index (χ4v) is 4.19. The van der Waals surface area contributed by atoms with Gasteiger partial charge in [-0.25, -0.2) is 8.78 Å². The van der Waals surface area contributed by atoms with Crippen molar-refractivity contribution in [2.24, 2.45) is 0 Å². The highest BCUT2D eigenvalue weighted by atomic mass is 35.5. The topological polar surface area (TPSA) is 91.0 Å². The molecule has 7 nitrogen and oxygen atoms in total. The lowest BCUT2D eigenvalue weighted by atomic mass is 9.93. The van der Waals surface area contributed by atoms with Gasteiger partial charge in [0, 0.05) is 18.3 Å². The summed E-state index contributed by atoms with van der Waals surface area (Å²) in [5, 5.41) is 8.89. The molecule has 1 aliphatic rings. The molecule has 172 valence electrons. The van der Waals surface area contributed by atoms with Gasteiger partial charge in [0.05, 0.1) is 22.8 Å². The van der Waals surface area contributed by atoms with Crippen molar-refractivity contribution in [3.63, 3.8) is 0 Å². The third kappa shape index (κ3) is 5.36. The van der Waals surface area contributed by atoms with Gasteiger partial charge in [-0.3, -0.25) is 19.7 Å². The summed E-state index contributed by atoms with van der Waals surface area (Å²) in [4.78, 5) is 31.9. The van der Waals surface area contributed by atoms with E-state index in [0.717, 1.165) is 43.9 Å². The van der Waals surface area contributed by atoms with Crippen LogP contribution in [0.4, 0.5) is 14.6 Å². The average Bonchev–Trinajstić information content (AvgIpc) is 3.29. The number of H-pyrrole nitrogens is 1. The first-order valence-electron chi connectivity index (χ1n) is 10.6. The van der Waals surface area contributed by atoms with Gasteiger partial charge in [0.1, 0.15) is 5.82 Å². The average molecular weight is 474 g/mol. The summed E-state index contributed by atoms with van der Waals surface area (Å²) < 4.78 is 26.8. The summed E-state index contributed by atoms with van der Waals surface area (Å²) in [6.45, 7) is 0.351. The number of amides is 2. The van der Waals surface area contributed by atoms with Crippen molar-refractivity contribution in [2.45, 2.75) is 44.7 Å². The molecule has 4 rings (SSSR count). The molecule has 2 N–H and O–H groups in total. The first kappa shape index (κ1) is 22.8. The molecular formula is C23H22ClF2N5O2. The van der Waals surface area contributed by atoms with E-state index >= 15 is 0 Å². The maximum atomic E-state index is 13.5. The maximum absolute atomic E-state index is 13.5. The molecule has 3 aromatic rings. The van der Waals surface area contributed by atoms with Gasteiger partial charge in [-0.2, -0.15) is 5.10 Å². The number of carbonyl (C=O) groups is 2. The second kappa shape index (κ2) is 10.1. The van der Waals surface area contributed by atoms with Gasteiger partial charge in [-0.15, -0.1) is 0 Å². The summed E-state index contributed by atoms with van der Waals surface area (Å²) in [5.41, 5.74) is 0.661. The second-order valence-corrected chi connectivity index (χ2v) is 8.32. The van der Waals surface area contributed by atoms with Gasteiger partial charge in [0.2, 0.25) is 0 Å². The van der Waals surface area contributed by atoms with Gasteiger partial charge in [-0.05, 0) is 37.1 Å². The van der Waals surface area contributed by atoms with Crippen molar-refractivity contribution in [2.75, 3.05) is 5.32 Å². The van der Waals surface area contributed by atoms with Gasteiger partial charge in [-0.1, -0.05) is 36.9 Å². The third-order valence-corrected chi connectivity index (χ3v) is 5.95. The Hall–Kier alpha value is -3.33. The van der Waals surface area contributed by atoms with Crippen LogP contribution in [0.3, 0.4) is 0 Å². The molecule has 33 heavy (non-hydrogen) atoms. The summed E-state index contributed by atoms with van der Waals surface area (Å²) >= 11 is 5.86. The molecule has 1 aromatic carbocycles. The SMILES string of the molecule is O=C(Nc1cc(C(=O)N(Cc2ccccn2)C2CCCCC2)n[nH]1)c1cc(F)c(F)cc1Cl. The summed E-state index contributed by atoms with van der Waals surface area (Å²) in [7, 11) is 0. The molecule has 1 aliphatic carbocycles. The Morgan fingerprint density at radius 2 is 1.88 bits per heavy atom. The Morgan fingerprint density at radius 3 is 2.61 bits per heavy atom. The number of rotatable bonds is 6. The lowest BCUT2D eigenvalue weighted by molar-refractivity contribution is 0.0604. The zero-order chi connectivity index (χ0) is 23.4. The van der Waals surface area contributed by atoms with E-state index in [0.29, 0.717) is 12.6 Å². The minimum atomic E-state index is -1.19. The van der Waals surface area contributed by atoms with Crippen molar-refractivity contribution >= 4 is 29.2 Å². The van der Waals surface area contributed by atoms with Crippen molar-refractivity contribution in [3.8, 4) is 0 Å². The molecule has 0 radical (unpaired) electrons. The zero-order valence-corrected chi connectivity index (χ0v) is 18.4. The van der Waals surface area contributed by atoms with Crippen LogP contribution >= 0.6 is 11.6 Å². The van der Waals surface area contributed by atoms with E-state index in [2.05, 4.69) is 20.5 Å². The molecule has 2 heterocycles. The molecule has 0 bridgehead atoms. The fourth-order valence-electron chi connectivity index (χ4n) is 3.95. The largest absolute Gasteiger partial charge is 0.328 e. The highest BCUT2D eigenvalue weighted by Crippen LogP contribution is 2.26. The number of pyridine rings is 1. The lowest BCUT2D eigenvalue weighted by Crippen LogP contribution is -2.41. The van der Waals surface area contributed by atoms with E-state index in [-0.39, 0.29) is 34.0 Å². The van der Waals surface area contributed by atoms with Crippen molar-refractivity contribution in [1.29, 1.82) is 0 Å². The van der Waals surface area contributed by atoms with Crippen molar-refractivity contribution in [1.82, 2.24) is 20.1 Å². The Balaban J connectivity index is 1.52. The number of hydrogen-bond acceptors (Lipinski definition) is 4. The van der Waals surface area contributed by atoms with E-state index in [1.54, 1.807) is 11.1 Å². The molecule has 0 spiro atoms. The van der Waals surface area contributed by atoms with E-state index in [1.165, 1.54) is 6.07 Å². The van der Waals surface area contributed by atoms with Crippen molar-refractivity contribution in [3.05, 3.63) is 76.2 Å². The smallest absolute Gasteiger partial charge is 0.275 e. The number of hydrogen-bond donors (Lipinski definition) is 2. The highest BCUT2D eigenvalue weighted by Gasteiger charge is 2.28. The van der Waals surface area contributed by atoms with Crippen LogP contribution in [0.1, 0.15) is 58.6 Å². The molecule has 0 aliphatic heterocycles. The number of nitrogens with one attached hydrogen (secondary N) is 2. The van der Waals surface area contributed by atoms with Crippen LogP contribution < -0.4 is 5.32 Å². The van der Waals surface area contributed by atoms with E-state index in [4.69, 9.17) is 11.6 Å². The maximum Gasteiger partial charge on any atom is 0.275 e. The number of halogens is 3. The number of anilines is 1. The number of benzene rings is 1. The minimum absolute atomic E-state index is 0.0731.